The molecule has 1 heterocycles. The second-order valence-corrected chi connectivity index (χ2v) is 11.7. The van der Waals surface area contributed by atoms with Gasteiger partial charge in [-0.25, -0.2) is 12.8 Å². The molecule has 2 aromatic carbocycles. The summed E-state index contributed by atoms with van der Waals surface area (Å²) in [5.41, 5.74) is 1.39. The number of nitrogens with one attached hydrogen (secondary N) is 2. The van der Waals surface area contributed by atoms with Crippen molar-refractivity contribution in [2.45, 2.75) is 43.7 Å². The number of sulfone groups is 1. The fraction of sp³-hybridized carbons (Fsp3) is 0.481. The maximum Gasteiger partial charge on any atom is 0.228 e. The third-order valence-electron chi connectivity index (χ3n) is 6.48. The Balaban J connectivity index is 1.68. The molecule has 1 fully saturated rings. The molecule has 0 saturated carbocycles. The van der Waals surface area contributed by atoms with Crippen LogP contribution in [-0.2, 0) is 30.7 Å². The van der Waals surface area contributed by atoms with E-state index in [0.717, 1.165) is 5.56 Å². The van der Waals surface area contributed by atoms with Crippen LogP contribution in [0.15, 0.2) is 53.4 Å². The Hall–Kier alpha value is -2.82. The Morgan fingerprint density at radius 3 is 2.38 bits per heavy atom. The van der Waals surface area contributed by atoms with E-state index >= 15 is 0 Å². The molecule has 1 aliphatic rings. The van der Waals surface area contributed by atoms with Crippen molar-refractivity contribution >= 4 is 21.7 Å². The van der Waals surface area contributed by atoms with Crippen LogP contribution in [0.3, 0.4) is 0 Å². The van der Waals surface area contributed by atoms with Gasteiger partial charge in [-0.2, -0.15) is 0 Å². The van der Waals surface area contributed by atoms with Gasteiger partial charge in [0.1, 0.15) is 5.82 Å². The minimum atomic E-state index is -3.30. The highest BCUT2D eigenvalue weighted by Crippen LogP contribution is 2.23. The van der Waals surface area contributed by atoms with Gasteiger partial charge in [-0.05, 0) is 41.3 Å². The lowest BCUT2D eigenvalue weighted by molar-refractivity contribution is -0.138. The van der Waals surface area contributed by atoms with Crippen LogP contribution in [0.1, 0.15) is 37.3 Å². The third kappa shape index (κ3) is 8.62. The lowest BCUT2D eigenvalue weighted by Gasteiger charge is -2.30. The van der Waals surface area contributed by atoms with Crippen molar-refractivity contribution in [1.29, 1.82) is 0 Å². The normalized spacial score (nSPS) is 15.9. The summed E-state index contributed by atoms with van der Waals surface area (Å²) < 4.78 is 42.5. The topological polar surface area (TPSA) is 105 Å². The molecule has 2 atom stereocenters. The molecular weight excluding hydrogens is 497 g/mol. The highest BCUT2D eigenvalue weighted by molar-refractivity contribution is 7.90. The number of ether oxygens (including phenoxy) is 1. The SMILES string of the molecule is CC(C)[C@@H](CNCc1cccc(S(C)(=O)=O)c1)NC(=O)[C@H](CC(=O)N1CCOCC1)c1ccc(F)cc1. The predicted molar refractivity (Wildman–Crippen MR) is 139 cm³/mol. The molecule has 0 radical (unpaired) electrons. The Kier molecular flexibility index (Phi) is 10.2. The van der Waals surface area contributed by atoms with E-state index in [1.54, 1.807) is 35.2 Å². The van der Waals surface area contributed by atoms with Crippen molar-refractivity contribution in [1.82, 2.24) is 15.5 Å². The highest BCUT2D eigenvalue weighted by atomic mass is 32.2. The van der Waals surface area contributed by atoms with E-state index in [2.05, 4.69) is 10.6 Å². The van der Waals surface area contributed by atoms with Crippen LogP contribution in [0.25, 0.3) is 0 Å². The molecule has 0 aromatic heterocycles. The second-order valence-electron chi connectivity index (χ2n) is 9.71. The van der Waals surface area contributed by atoms with Gasteiger partial charge in [-0.15, -0.1) is 0 Å². The van der Waals surface area contributed by atoms with Crippen LogP contribution in [0.4, 0.5) is 4.39 Å². The summed E-state index contributed by atoms with van der Waals surface area (Å²) in [7, 11) is -3.30. The number of amides is 2. The molecule has 37 heavy (non-hydrogen) atoms. The molecule has 2 amide bonds. The van der Waals surface area contributed by atoms with Crippen molar-refractivity contribution in [3.8, 4) is 0 Å². The smallest absolute Gasteiger partial charge is 0.228 e. The molecular formula is C27H36FN3O5S. The number of carbonyl (C=O) groups is 2. The summed E-state index contributed by atoms with van der Waals surface area (Å²) in [5.74, 6) is -1.52. The van der Waals surface area contributed by atoms with E-state index in [9.17, 15) is 22.4 Å². The summed E-state index contributed by atoms with van der Waals surface area (Å²) in [6.07, 6.45) is 1.15. The zero-order valence-corrected chi connectivity index (χ0v) is 22.4. The Bertz CT molecular complexity index is 1160. The monoisotopic (exact) mass is 533 g/mol. The number of carbonyl (C=O) groups excluding carboxylic acids is 2. The van der Waals surface area contributed by atoms with E-state index in [0.29, 0.717) is 45.0 Å². The van der Waals surface area contributed by atoms with E-state index < -0.39 is 21.6 Å². The number of morpholine rings is 1. The van der Waals surface area contributed by atoms with Gasteiger partial charge in [0.15, 0.2) is 9.84 Å². The van der Waals surface area contributed by atoms with E-state index in [1.807, 2.05) is 19.9 Å². The van der Waals surface area contributed by atoms with E-state index in [1.165, 1.54) is 18.4 Å². The fourth-order valence-corrected chi connectivity index (χ4v) is 4.86. The maximum atomic E-state index is 13.6. The standard InChI is InChI=1S/C27H36FN3O5S/c1-19(2)25(18-29-17-20-5-4-6-23(15-20)37(3,34)35)30-27(33)24(21-7-9-22(28)10-8-21)16-26(32)31-11-13-36-14-12-31/h4-10,15,19,24-25,29H,11-14,16-18H2,1-3H3,(H,30,33)/t24-,25-/m1/s1. The molecule has 0 unspecified atom stereocenters. The zero-order chi connectivity index (χ0) is 27.0. The average Bonchev–Trinajstić information content (AvgIpc) is 2.87. The third-order valence-corrected chi connectivity index (χ3v) is 7.59. The average molecular weight is 534 g/mol. The molecule has 202 valence electrons. The first-order valence-electron chi connectivity index (χ1n) is 12.5. The number of rotatable bonds is 11. The predicted octanol–water partition coefficient (Wildman–Crippen LogP) is 2.49. The number of hydrogen-bond acceptors (Lipinski definition) is 6. The molecule has 2 aromatic rings. The molecule has 0 spiro atoms. The lowest BCUT2D eigenvalue weighted by atomic mass is 9.92. The van der Waals surface area contributed by atoms with Gasteiger partial charge in [0.25, 0.3) is 0 Å². The van der Waals surface area contributed by atoms with Gasteiger partial charge >= 0.3 is 0 Å². The van der Waals surface area contributed by atoms with Gasteiger partial charge in [0.05, 0.1) is 24.0 Å². The van der Waals surface area contributed by atoms with Crippen LogP contribution < -0.4 is 10.6 Å². The summed E-state index contributed by atoms with van der Waals surface area (Å²) in [4.78, 5) is 28.4. The first-order valence-corrected chi connectivity index (χ1v) is 14.3. The zero-order valence-electron chi connectivity index (χ0n) is 21.6. The first-order chi connectivity index (χ1) is 17.5. The van der Waals surface area contributed by atoms with Crippen molar-refractivity contribution in [3.63, 3.8) is 0 Å². The van der Waals surface area contributed by atoms with Gasteiger partial charge < -0.3 is 20.3 Å². The van der Waals surface area contributed by atoms with Crippen LogP contribution in [0.2, 0.25) is 0 Å². The summed E-state index contributed by atoms with van der Waals surface area (Å²) in [5, 5.41) is 6.37. The van der Waals surface area contributed by atoms with Crippen LogP contribution in [0.5, 0.6) is 0 Å². The fourth-order valence-electron chi connectivity index (χ4n) is 4.17. The minimum Gasteiger partial charge on any atom is -0.378 e. The number of hydrogen-bond donors (Lipinski definition) is 2. The molecule has 2 N–H and O–H groups in total. The number of benzene rings is 2. The summed E-state index contributed by atoms with van der Waals surface area (Å²) in [6, 6.07) is 12.2. The van der Waals surface area contributed by atoms with Gasteiger partial charge in [-0.3, -0.25) is 9.59 Å². The molecule has 1 aliphatic heterocycles. The molecule has 0 bridgehead atoms. The number of halogens is 1. The van der Waals surface area contributed by atoms with Crippen LogP contribution >= 0.6 is 0 Å². The molecule has 3 rings (SSSR count). The Labute approximate surface area is 218 Å². The number of nitrogens with zero attached hydrogens (tertiary/aromatic N) is 1. The molecule has 0 aliphatic carbocycles. The minimum absolute atomic E-state index is 0.0198. The molecule has 8 nitrogen and oxygen atoms in total. The van der Waals surface area contributed by atoms with E-state index in [-0.39, 0.29) is 35.1 Å². The van der Waals surface area contributed by atoms with Crippen molar-refractivity contribution in [2.24, 2.45) is 5.92 Å². The van der Waals surface area contributed by atoms with Crippen LogP contribution in [-0.4, -0.2) is 70.3 Å². The second kappa shape index (κ2) is 13.1. The largest absolute Gasteiger partial charge is 0.378 e. The quantitative estimate of drug-likeness (QED) is 0.460. The summed E-state index contributed by atoms with van der Waals surface area (Å²) >= 11 is 0. The Morgan fingerprint density at radius 1 is 1.08 bits per heavy atom. The van der Waals surface area contributed by atoms with Crippen molar-refractivity contribution in [3.05, 3.63) is 65.5 Å². The van der Waals surface area contributed by atoms with Gasteiger partial charge in [0.2, 0.25) is 11.8 Å². The maximum absolute atomic E-state index is 13.6. The van der Waals surface area contributed by atoms with Crippen molar-refractivity contribution in [2.75, 3.05) is 39.1 Å². The summed E-state index contributed by atoms with van der Waals surface area (Å²) in [6.45, 7) is 6.75. The Morgan fingerprint density at radius 2 is 1.76 bits per heavy atom. The lowest BCUT2D eigenvalue weighted by Crippen LogP contribution is -2.48. The van der Waals surface area contributed by atoms with E-state index in [4.69, 9.17) is 4.74 Å². The van der Waals surface area contributed by atoms with Gasteiger partial charge in [-0.1, -0.05) is 38.1 Å². The van der Waals surface area contributed by atoms with Crippen molar-refractivity contribution < 1.29 is 27.1 Å². The molecule has 10 heteroatoms. The van der Waals surface area contributed by atoms with Crippen LogP contribution in [0, 0.1) is 11.7 Å². The molecule has 1 saturated heterocycles. The van der Waals surface area contributed by atoms with Gasteiger partial charge in [0, 0.05) is 44.9 Å². The first kappa shape index (κ1) is 28.7. The highest BCUT2D eigenvalue weighted by Gasteiger charge is 2.29.